The number of nitrogens with zero attached hydrogens (tertiary/aromatic N) is 2. The number of nitrogens with one attached hydrogen (secondary N) is 4. The molecule has 0 atom stereocenters. The summed E-state index contributed by atoms with van der Waals surface area (Å²) < 4.78 is 13.4. The molecule has 1 saturated heterocycles. The number of aromatic nitrogens is 1. The van der Waals surface area contributed by atoms with E-state index >= 15 is 0 Å². The lowest BCUT2D eigenvalue weighted by atomic mass is 10.1. The number of guanidine groups is 1. The molecule has 1 aliphatic heterocycles. The van der Waals surface area contributed by atoms with Gasteiger partial charge in [-0.05, 0) is 30.2 Å². The van der Waals surface area contributed by atoms with Crippen LogP contribution < -0.4 is 16.0 Å². The number of halogens is 1. The van der Waals surface area contributed by atoms with Gasteiger partial charge in [-0.2, -0.15) is 0 Å². The fourth-order valence-corrected chi connectivity index (χ4v) is 2.86. The quantitative estimate of drug-likeness (QED) is 0.344. The molecule has 0 spiro atoms. The Morgan fingerprint density at radius 2 is 2.12 bits per heavy atom. The molecule has 4 N–H and O–H groups in total. The summed E-state index contributed by atoms with van der Waals surface area (Å²) in [5, 5.41) is 9.57. The highest BCUT2D eigenvalue weighted by Gasteiger charge is 2.27. The minimum Gasteiger partial charge on any atom is -0.361 e. The van der Waals surface area contributed by atoms with Crippen LogP contribution in [0.1, 0.15) is 5.56 Å². The van der Waals surface area contributed by atoms with E-state index < -0.39 is 0 Å². The standard InChI is InChI=1S/C17H21FN6O2/c1-19-16(21-6-7-24-15(25)10-23-17(24)26)20-5-4-11-9-22-14-3-2-12(18)8-13(11)14/h2-3,8-9,22H,4-7,10H2,1H3,(H,23,26)(H2,19,20,21). The fourth-order valence-electron chi connectivity index (χ4n) is 2.86. The summed E-state index contributed by atoms with van der Waals surface area (Å²) in [5.41, 5.74) is 1.92. The highest BCUT2D eigenvalue weighted by Crippen LogP contribution is 2.19. The largest absolute Gasteiger partial charge is 0.361 e. The maximum Gasteiger partial charge on any atom is 0.324 e. The van der Waals surface area contributed by atoms with Gasteiger partial charge in [0.15, 0.2) is 5.96 Å². The number of hydrogen-bond acceptors (Lipinski definition) is 3. The second-order valence-corrected chi connectivity index (χ2v) is 5.88. The molecule has 1 aliphatic rings. The third kappa shape index (κ3) is 3.93. The number of imide groups is 1. The molecule has 0 bridgehead atoms. The van der Waals surface area contributed by atoms with Crippen LogP contribution in [0, 0.1) is 5.82 Å². The lowest BCUT2D eigenvalue weighted by Gasteiger charge is -2.15. The first-order chi connectivity index (χ1) is 12.6. The fraction of sp³-hybridized carbons (Fsp3) is 0.353. The average Bonchev–Trinajstić information content (AvgIpc) is 3.17. The van der Waals surface area contributed by atoms with E-state index in [1.807, 2.05) is 6.20 Å². The van der Waals surface area contributed by atoms with Crippen LogP contribution in [0.3, 0.4) is 0 Å². The Morgan fingerprint density at radius 1 is 1.31 bits per heavy atom. The second kappa shape index (κ2) is 7.85. The van der Waals surface area contributed by atoms with Crippen molar-refractivity contribution in [1.29, 1.82) is 0 Å². The molecule has 3 rings (SSSR count). The van der Waals surface area contributed by atoms with Gasteiger partial charge >= 0.3 is 6.03 Å². The Morgan fingerprint density at radius 3 is 2.85 bits per heavy atom. The van der Waals surface area contributed by atoms with Gasteiger partial charge in [-0.25, -0.2) is 9.18 Å². The van der Waals surface area contributed by atoms with Crippen LogP contribution in [-0.2, 0) is 11.2 Å². The van der Waals surface area contributed by atoms with Crippen LogP contribution in [0.4, 0.5) is 9.18 Å². The maximum atomic E-state index is 13.4. The van der Waals surface area contributed by atoms with E-state index in [1.54, 1.807) is 13.1 Å². The third-order valence-corrected chi connectivity index (χ3v) is 4.20. The van der Waals surface area contributed by atoms with Gasteiger partial charge in [0.25, 0.3) is 0 Å². The van der Waals surface area contributed by atoms with Gasteiger partial charge in [-0.3, -0.25) is 14.7 Å². The summed E-state index contributed by atoms with van der Waals surface area (Å²) in [4.78, 5) is 31.4. The Bertz CT molecular complexity index is 831. The summed E-state index contributed by atoms with van der Waals surface area (Å²) in [6.07, 6.45) is 2.57. The molecule has 8 nitrogen and oxygen atoms in total. The van der Waals surface area contributed by atoms with Crippen molar-refractivity contribution >= 4 is 28.8 Å². The zero-order valence-corrected chi connectivity index (χ0v) is 14.4. The molecule has 138 valence electrons. The number of rotatable bonds is 6. The van der Waals surface area contributed by atoms with E-state index in [2.05, 4.69) is 25.9 Å². The molecule has 0 aliphatic carbocycles. The van der Waals surface area contributed by atoms with Crippen molar-refractivity contribution in [1.82, 2.24) is 25.8 Å². The summed E-state index contributed by atoms with van der Waals surface area (Å²) in [6, 6.07) is 4.30. The Balaban J connectivity index is 1.46. The van der Waals surface area contributed by atoms with Crippen LogP contribution in [0.2, 0.25) is 0 Å². The Kier molecular flexibility index (Phi) is 5.35. The molecule has 0 radical (unpaired) electrons. The predicted octanol–water partition coefficient (Wildman–Crippen LogP) is 0.566. The first-order valence-electron chi connectivity index (χ1n) is 8.36. The average molecular weight is 360 g/mol. The van der Waals surface area contributed by atoms with E-state index in [0.29, 0.717) is 25.5 Å². The van der Waals surface area contributed by atoms with Crippen molar-refractivity contribution in [2.75, 3.05) is 33.2 Å². The molecule has 9 heteroatoms. The molecule has 3 amide bonds. The van der Waals surface area contributed by atoms with Crippen molar-refractivity contribution < 1.29 is 14.0 Å². The lowest BCUT2D eigenvalue weighted by molar-refractivity contribution is -0.124. The molecule has 0 saturated carbocycles. The van der Waals surface area contributed by atoms with Crippen molar-refractivity contribution in [3.63, 3.8) is 0 Å². The second-order valence-electron chi connectivity index (χ2n) is 5.88. The smallest absolute Gasteiger partial charge is 0.324 e. The summed E-state index contributed by atoms with van der Waals surface area (Å²) in [6.45, 7) is 1.33. The SMILES string of the molecule is CN=C(NCCc1c[nH]c2ccc(F)cc12)NCCN1C(=O)CNC1=O. The summed E-state index contributed by atoms with van der Waals surface area (Å²) in [5.74, 6) is 0.0821. The summed E-state index contributed by atoms with van der Waals surface area (Å²) in [7, 11) is 1.64. The van der Waals surface area contributed by atoms with Gasteiger partial charge < -0.3 is 20.9 Å². The van der Waals surface area contributed by atoms with Gasteiger partial charge in [0.05, 0.1) is 6.54 Å². The number of H-pyrrole nitrogens is 1. The number of carbonyl (C=O) groups excluding carboxylic acids is 2. The van der Waals surface area contributed by atoms with Crippen molar-refractivity contribution in [3.8, 4) is 0 Å². The highest BCUT2D eigenvalue weighted by molar-refractivity contribution is 6.01. The molecule has 1 aromatic carbocycles. The number of aromatic amines is 1. The minimum atomic E-state index is -0.369. The van der Waals surface area contributed by atoms with E-state index in [-0.39, 0.29) is 30.8 Å². The molecular weight excluding hydrogens is 339 g/mol. The van der Waals surface area contributed by atoms with Crippen LogP contribution >= 0.6 is 0 Å². The van der Waals surface area contributed by atoms with Crippen LogP contribution in [0.15, 0.2) is 29.4 Å². The van der Waals surface area contributed by atoms with Gasteiger partial charge in [0.2, 0.25) is 5.91 Å². The highest BCUT2D eigenvalue weighted by atomic mass is 19.1. The van der Waals surface area contributed by atoms with Crippen LogP contribution in [0.5, 0.6) is 0 Å². The zero-order valence-electron chi connectivity index (χ0n) is 14.4. The molecule has 2 aromatic rings. The van der Waals surface area contributed by atoms with E-state index in [9.17, 15) is 14.0 Å². The van der Waals surface area contributed by atoms with Crippen molar-refractivity contribution in [3.05, 3.63) is 35.8 Å². The first kappa shape index (κ1) is 17.7. The van der Waals surface area contributed by atoms with Crippen LogP contribution in [-0.4, -0.2) is 61.0 Å². The maximum absolute atomic E-state index is 13.4. The molecule has 1 aromatic heterocycles. The normalized spacial score (nSPS) is 14.8. The number of fused-ring (bicyclic) bond motifs is 1. The molecule has 26 heavy (non-hydrogen) atoms. The summed E-state index contributed by atoms with van der Waals surface area (Å²) >= 11 is 0. The Hall–Kier alpha value is -3.10. The van der Waals surface area contributed by atoms with Gasteiger partial charge in [-0.15, -0.1) is 0 Å². The number of benzene rings is 1. The number of aliphatic imine (C=N–C) groups is 1. The van der Waals surface area contributed by atoms with Crippen molar-refractivity contribution in [2.24, 2.45) is 4.99 Å². The number of carbonyl (C=O) groups is 2. The third-order valence-electron chi connectivity index (χ3n) is 4.20. The predicted molar refractivity (Wildman–Crippen MR) is 96.4 cm³/mol. The minimum absolute atomic E-state index is 0.0526. The van der Waals surface area contributed by atoms with Gasteiger partial charge in [0, 0.05) is 43.8 Å². The topological polar surface area (TPSA) is 102 Å². The van der Waals surface area contributed by atoms with E-state index in [1.165, 1.54) is 17.0 Å². The molecule has 2 heterocycles. The van der Waals surface area contributed by atoms with Gasteiger partial charge in [0.1, 0.15) is 5.82 Å². The number of urea groups is 1. The molecule has 0 unspecified atom stereocenters. The number of hydrogen-bond donors (Lipinski definition) is 4. The van der Waals surface area contributed by atoms with Crippen LogP contribution in [0.25, 0.3) is 10.9 Å². The van der Waals surface area contributed by atoms with E-state index in [4.69, 9.17) is 0 Å². The first-order valence-corrected chi connectivity index (χ1v) is 8.36. The van der Waals surface area contributed by atoms with Crippen molar-refractivity contribution in [2.45, 2.75) is 6.42 Å². The molecule has 1 fully saturated rings. The lowest BCUT2D eigenvalue weighted by Crippen LogP contribution is -2.43. The zero-order chi connectivity index (χ0) is 18.5. The number of amides is 3. The Labute approximate surface area is 149 Å². The monoisotopic (exact) mass is 360 g/mol. The molecular formula is C17H21FN6O2. The van der Waals surface area contributed by atoms with Gasteiger partial charge in [-0.1, -0.05) is 0 Å². The van der Waals surface area contributed by atoms with E-state index in [0.717, 1.165) is 16.5 Å².